The van der Waals surface area contributed by atoms with E-state index >= 15 is 0 Å². The van der Waals surface area contributed by atoms with E-state index in [9.17, 15) is 13.6 Å². The molecule has 1 amide bonds. The Labute approximate surface area is 123 Å². The molecule has 0 radical (unpaired) electrons. The van der Waals surface area contributed by atoms with Gasteiger partial charge in [-0.1, -0.05) is 15.9 Å². The Kier molecular flexibility index (Phi) is 4.72. The molecular weight excluding hydrogens is 336 g/mol. The van der Waals surface area contributed by atoms with Gasteiger partial charge >= 0.3 is 0 Å². The van der Waals surface area contributed by atoms with Gasteiger partial charge in [-0.15, -0.1) is 0 Å². The number of carbonyl (C=O) groups excluding carboxylic acids is 1. The highest BCUT2D eigenvalue weighted by molar-refractivity contribution is 9.10. The van der Waals surface area contributed by atoms with Crippen LogP contribution in [0.4, 0.5) is 8.78 Å². The zero-order valence-electron chi connectivity index (χ0n) is 10.8. The van der Waals surface area contributed by atoms with Crippen LogP contribution in [0.1, 0.15) is 16.8 Å². The number of benzene rings is 1. The van der Waals surface area contributed by atoms with E-state index in [1.807, 2.05) is 0 Å². The van der Waals surface area contributed by atoms with E-state index in [-0.39, 0.29) is 11.0 Å². The molecule has 1 heterocycles. The number of amides is 1. The first-order valence-corrected chi connectivity index (χ1v) is 6.82. The van der Waals surface area contributed by atoms with Crippen molar-refractivity contribution in [1.82, 2.24) is 5.32 Å². The van der Waals surface area contributed by atoms with Gasteiger partial charge in [0.1, 0.15) is 22.8 Å². The third-order valence-corrected chi connectivity index (χ3v) is 3.76. The molecular formula is C13H14BrF2NO3. The summed E-state index contributed by atoms with van der Waals surface area (Å²) in [5.41, 5.74) is -1.23. The summed E-state index contributed by atoms with van der Waals surface area (Å²) in [4.78, 5) is 11.9. The van der Waals surface area contributed by atoms with E-state index < -0.39 is 28.7 Å². The van der Waals surface area contributed by atoms with Crippen molar-refractivity contribution in [2.45, 2.75) is 12.0 Å². The summed E-state index contributed by atoms with van der Waals surface area (Å²) in [6.07, 6.45) is 0.620. The lowest BCUT2D eigenvalue weighted by Gasteiger charge is -2.25. The zero-order chi connectivity index (χ0) is 14.8. The molecule has 0 saturated carbocycles. The second kappa shape index (κ2) is 6.15. The molecule has 4 nitrogen and oxygen atoms in total. The predicted molar refractivity (Wildman–Crippen MR) is 71.6 cm³/mol. The zero-order valence-corrected chi connectivity index (χ0v) is 12.4. The third-order valence-electron chi connectivity index (χ3n) is 3.31. The standard InChI is InChI=1S/C13H14BrF2NO3/c1-19-13(2-3-20-7-13)6-17-12(18)11-9(15)4-8(14)5-10(11)16/h4-5H,2-3,6-7H2,1H3,(H,17,18). The number of hydrogen-bond donors (Lipinski definition) is 1. The maximum atomic E-state index is 13.7. The average Bonchev–Trinajstić information content (AvgIpc) is 2.84. The van der Waals surface area contributed by atoms with Crippen molar-refractivity contribution in [2.24, 2.45) is 0 Å². The summed E-state index contributed by atoms with van der Waals surface area (Å²) < 4.78 is 38.1. The fourth-order valence-corrected chi connectivity index (χ4v) is 2.45. The van der Waals surface area contributed by atoms with Crippen LogP contribution in [0.2, 0.25) is 0 Å². The van der Waals surface area contributed by atoms with Gasteiger partial charge in [0.2, 0.25) is 0 Å². The first-order chi connectivity index (χ1) is 9.47. The van der Waals surface area contributed by atoms with Crippen molar-refractivity contribution in [3.05, 3.63) is 33.8 Å². The Morgan fingerprint density at radius 2 is 2.15 bits per heavy atom. The molecule has 1 aromatic rings. The Bertz CT molecular complexity index is 495. The van der Waals surface area contributed by atoms with Crippen LogP contribution in [0, 0.1) is 11.6 Å². The molecule has 110 valence electrons. The first kappa shape index (κ1) is 15.3. The highest BCUT2D eigenvalue weighted by Crippen LogP contribution is 2.23. The van der Waals surface area contributed by atoms with Crippen molar-refractivity contribution in [2.75, 3.05) is 26.9 Å². The summed E-state index contributed by atoms with van der Waals surface area (Å²) in [5.74, 6) is -2.64. The van der Waals surface area contributed by atoms with Gasteiger partial charge in [0.15, 0.2) is 0 Å². The van der Waals surface area contributed by atoms with Gasteiger partial charge in [-0.05, 0) is 12.1 Å². The lowest BCUT2D eigenvalue weighted by Crippen LogP contribution is -2.45. The maximum absolute atomic E-state index is 13.7. The number of rotatable bonds is 4. The van der Waals surface area contributed by atoms with Crippen LogP contribution in [0.5, 0.6) is 0 Å². The molecule has 0 bridgehead atoms. The van der Waals surface area contributed by atoms with Crippen LogP contribution >= 0.6 is 15.9 Å². The van der Waals surface area contributed by atoms with Gasteiger partial charge in [0.05, 0.1) is 6.61 Å². The quantitative estimate of drug-likeness (QED) is 0.906. The summed E-state index contributed by atoms with van der Waals surface area (Å²) in [6, 6.07) is 2.09. The molecule has 1 atom stereocenters. The van der Waals surface area contributed by atoms with Crippen molar-refractivity contribution < 1.29 is 23.0 Å². The van der Waals surface area contributed by atoms with E-state index in [4.69, 9.17) is 9.47 Å². The van der Waals surface area contributed by atoms with E-state index in [0.717, 1.165) is 12.1 Å². The van der Waals surface area contributed by atoms with Gasteiger partial charge in [0.25, 0.3) is 5.91 Å². The molecule has 1 aliphatic heterocycles. The van der Waals surface area contributed by atoms with Crippen LogP contribution in [-0.4, -0.2) is 38.4 Å². The highest BCUT2D eigenvalue weighted by atomic mass is 79.9. The Balaban J connectivity index is 2.09. The predicted octanol–water partition coefficient (Wildman–Crippen LogP) is 2.26. The van der Waals surface area contributed by atoms with E-state index in [1.165, 1.54) is 7.11 Å². The van der Waals surface area contributed by atoms with Crippen LogP contribution in [0.3, 0.4) is 0 Å². The van der Waals surface area contributed by atoms with Crippen molar-refractivity contribution >= 4 is 21.8 Å². The van der Waals surface area contributed by atoms with Crippen molar-refractivity contribution in [1.29, 1.82) is 0 Å². The summed E-state index contributed by atoms with van der Waals surface area (Å²) in [7, 11) is 1.52. The Morgan fingerprint density at radius 3 is 2.65 bits per heavy atom. The molecule has 1 unspecified atom stereocenters. The first-order valence-electron chi connectivity index (χ1n) is 6.03. The minimum atomic E-state index is -0.913. The fourth-order valence-electron chi connectivity index (χ4n) is 2.05. The van der Waals surface area contributed by atoms with Crippen LogP contribution in [0.25, 0.3) is 0 Å². The second-order valence-corrected chi connectivity index (χ2v) is 5.53. The largest absolute Gasteiger partial charge is 0.378 e. The Morgan fingerprint density at radius 1 is 1.50 bits per heavy atom. The third kappa shape index (κ3) is 3.16. The van der Waals surface area contributed by atoms with E-state index in [0.29, 0.717) is 19.6 Å². The van der Waals surface area contributed by atoms with Gasteiger partial charge in [-0.25, -0.2) is 8.78 Å². The van der Waals surface area contributed by atoms with Crippen molar-refractivity contribution in [3.8, 4) is 0 Å². The average molecular weight is 350 g/mol. The number of hydrogen-bond acceptors (Lipinski definition) is 3. The van der Waals surface area contributed by atoms with Crippen LogP contribution in [-0.2, 0) is 9.47 Å². The summed E-state index contributed by atoms with van der Waals surface area (Å²) in [6.45, 7) is 1.01. The number of halogens is 3. The summed E-state index contributed by atoms with van der Waals surface area (Å²) >= 11 is 2.96. The van der Waals surface area contributed by atoms with Gasteiger partial charge < -0.3 is 14.8 Å². The van der Waals surface area contributed by atoms with Crippen molar-refractivity contribution in [3.63, 3.8) is 0 Å². The van der Waals surface area contributed by atoms with Crippen LogP contribution < -0.4 is 5.32 Å². The molecule has 0 aliphatic carbocycles. The molecule has 1 saturated heterocycles. The molecule has 1 aliphatic rings. The molecule has 2 rings (SSSR count). The lowest BCUT2D eigenvalue weighted by molar-refractivity contribution is -0.0149. The van der Waals surface area contributed by atoms with E-state index in [1.54, 1.807) is 0 Å². The minimum Gasteiger partial charge on any atom is -0.378 e. The molecule has 0 aromatic heterocycles. The minimum absolute atomic E-state index is 0.136. The topological polar surface area (TPSA) is 47.6 Å². The normalized spacial score (nSPS) is 22.0. The van der Waals surface area contributed by atoms with Gasteiger partial charge in [-0.2, -0.15) is 0 Å². The highest BCUT2D eigenvalue weighted by Gasteiger charge is 2.35. The van der Waals surface area contributed by atoms with Crippen LogP contribution in [0.15, 0.2) is 16.6 Å². The monoisotopic (exact) mass is 349 g/mol. The molecule has 7 heteroatoms. The molecule has 1 aromatic carbocycles. The fraction of sp³-hybridized carbons (Fsp3) is 0.462. The molecule has 0 spiro atoms. The van der Waals surface area contributed by atoms with Gasteiger partial charge in [0, 0.05) is 31.2 Å². The number of ether oxygens (including phenoxy) is 2. The lowest BCUT2D eigenvalue weighted by atomic mass is 10.0. The molecule has 20 heavy (non-hydrogen) atoms. The summed E-state index contributed by atoms with van der Waals surface area (Å²) in [5, 5.41) is 2.49. The van der Waals surface area contributed by atoms with E-state index in [2.05, 4.69) is 21.2 Å². The number of carbonyl (C=O) groups is 1. The van der Waals surface area contributed by atoms with Gasteiger partial charge in [-0.3, -0.25) is 4.79 Å². The number of nitrogens with one attached hydrogen (secondary N) is 1. The second-order valence-electron chi connectivity index (χ2n) is 4.62. The molecule has 1 N–H and O–H groups in total. The maximum Gasteiger partial charge on any atom is 0.257 e. The number of methoxy groups -OCH3 is 1. The Hall–Kier alpha value is -1.05. The SMILES string of the molecule is COC1(CNC(=O)c2c(F)cc(Br)cc2F)CCOC1. The molecule has 1 fully saturated rings. The smallest absolute Gasteiger partial charge is 0.257 e.